The Morgan fingerprint density at radius 3 is 2.15 bits per heavy atom. The van der Waals surface area contributed by atoms with Gasteiger partial charge in [-0.05, 0) is 54.7 Å². The van der Waals surface area contributed by atoms with Crippen molar-refractivity contribution in [2.75, 3.05) is 50.6 Å². The summed E-state index contributed by atoms with van der Waals surface area (Å²) < 4.78 is 10.4. The molecule has 0 spiro atoms. The smallest absolute Gasteiger partial charge is 0.257 e. The Bertz CT molecular complexity index is 1000. The van der Waals surface area contributed by atoms with Crippen molar-refractivity contribution >= 4 is 40.5 Å². The van der Waals surface area contributed by atoms with Gasteiger partial charge in [-0.15, -0.1) is 0 Å². The molecular formula is C24H30N4O4S. The van der Waals surface area contributed by atoms with E-state index in [1.165, 1.54) is 14.2 Å². The minimum absolute atomic E-state index is 0.0259. The van der Waals surface area contributed by atoms with Gasteiger partial charge in [0, 0.05) is 49.0 Å². The third-order valence-electron chi connectivity index (χ3n) is 5.45. The molecule has 1 aliphatic heterocycles. The van der Waals surface area contributed by atoms with E-state index in [4.69, 9.17) is 21.7 Å². The van der Waals surface area contributed by atoms with Gasteiger partial charge in [0.15, 0.2) is 16.6 Å². The molecule has 9 heteroatoms. The van der Waals surface area contributed by atoms with E-state index in [1.54, 1.807) is 18.2 Å². The van der Waals surface area contributed by atoms with Crippen molar-refractivity contribution in [2.24, 2.45) is 5.92 Å². The number of piperazine rings is 1. The Balaban J connectivity index is 1.53. The van der Waals surface area contributed by atoms with E-state index < -0.39 is 0 Å². The van der Waals surface area contributed by atoms with E-state index in [0.29, 0.717) is 17.1 Å². The fraction of sp³-hybridized carbons (Fsp3) is 0.375. The number of carbonyl (C=O) groups is 2. The maximum absolute atomic E-state index is 12.5. The molecule has 2 amide bonds. The van der Waals surface area contributed by atoms with Crippen molar-refractivity contribution < 1.29 is 19.1 Å². The summed E-state index contributed by atoms with van der Waals surface area (Å²) >= 11 is 5.29. The number of methoxy groups -OCH3 is 2. The van der Waals surface area contributed by atoms with Crippen LogP contribution in [-0.4, -0.2) is 62.2 Å². The highest BCUT2D eigenvalue weighted by molar-refractivity contribution is 7.80. The molecule has 0 unspecified atom stereocenters. The maximum Gasteiger partial charge on any atom is 0.257 e. The predicted octanol–water partition coefficient (Wildman–Crippen LogP) is 3.14. The van der Waals surface area contributed by atoms with Crippen LogP contribution in [0.3, 0.4) is 0 Å². The molecule has 0 saturated carbocycles. The Morgan fingerprint density at radius 1 is 0.939 bits per heavy atom. The monoisotopic (exact) mass is 470 g/mol. The van der Waals surface area contributed by atoms with Gasteiger partial charge >= 0.3 is 0 Å². The summed E-state index contributed by atoms with van der Waals surface area (Å²) in [5.74, 6) is 0.895. The Kier molecular flexibility index (Phi) is 8.11. The Morgan fingerprint density at radius 2 is 1.58 bits per heavy atom. The number of ether oxygens (including phenoxy) is 2. The van der Waals surface area contributed by atoms with Crippen molar-refractivity contribution in [1.82, 2.24) is 10.2 Å². The van der Waals surface area contributed by atoms with Crippen molar-refractivity contribution in [3.63, 3.8) is 0 Å². The lowest BCUT2D eigenvalue weighted by Gasteiger charge is -2.37. The van der Waals surface area contributed by atoms with Gasteiger partial charge in [0.2, 0.25) is 5.91 Å². The number of nitrogens with one attached hydrogen (secondary N) is 2. The quantitative estimate of drug-likeness (QED) is 0.628. The number of benzene rings is 2. The maximum atomic E-state index is 12.5. The molecule has 0 bridgehead atoms. The Labute approximate surface area is 199 Å². The minimum atomic E-state index is -0.348. The summed E-state index contributed by atoms with van der Waals surface area (Å²) in [6, 6.07) is 12.7. The summed E-state index contributed by atoms with van der Waals surface area (Å²) in [4.78, 5) is 28.9. The van der Waals surface area contributed by atoms with Crippen LogP contribution in [0.1, 0.15) is 24.2 Å². The highest BCUT2D eigenvalue weighted by Gasteiger charge is 2.23. The van der Waals surface area contributed by atoms with Gasteiger partial charge in [-0.1, -0.05) is 13.8 Å². The van der Waals surface area contributed by atoms with Gasteiger partial charge in [0.1, 0.15) is 0 Å². The second-order valence-corrected chi connectivity index (χ2v) is 8.40. The van der Waals surface area contributed by atoms with Gasteiger partial charge < -0.3 is 24.6 Å². The normalized spacial score (nSPS) is 13.5. The second-order valence-electron chi connectivity index (χ2n) is 7.99. The molecule has 1 saturated heterocycles. The number of thiocarbonyl (C=S) groups is 1. The first-order valence-electron chi connectivity index (χ1n) is 10.8. The van der Waals surface area contributed by atoms with E-state index in [2.05, 4.69) is 15.5 Å². The molecule has 0 aliphatic carbocycles. The number of hydrogen-bond donors (Lipinski definition) is 2. The standard InChI is InChI=1S/C24H30N4O4S/c1-16(2)23(30)28-13-11-27(12-14-28)19-8-6-18(7-9-19)25-24(33)26-22(29)17-5-10-20(31-3)21(15-17)32-4/h5-10,15-16H,11-14H2,1-4H3,(H2,25,26,29,33). The molecule has 3 rings (SSSR count). The molecule has 1 fully saturated rings. The van der Waals surface area contributed by atoms with Gasteiger partial charge in [-0.2, -0.15) is 0 Å². The van der Waals surface area contributed by atoms with Crippen LogP contribution in [0.5, 0.6) is 11.5 Å². The average Bonchev–Trinajstić information content (AvgIpc) is 2.83. The second kappa shape index (κ2) is 11.0. The van der Waals surface area contributed by atoms with Gasteiger partial charge in [-0.25, -0.2) is 0 Å². The van der Waals surface area contributed by atoms with Crippen LogP contribution in [0.15, 0.2) is 42.5 Å². The molecule has 2 aromatic rings. The summed E-state index contributed by atoms with van der Waals surface area (Å²) in [6.07, 6.45) is 0. The third-order valence-corrected chi connectivity index (χ3v) is 5.65. The summed E-state index contributed by atoms with van der Waals surface area (Å²) in [5, 5.41) is 5.90. The molecule has 0 aromatic heterocycles. The molecule has 1 heterocycles. The van der Waals surface area contributed by atoms with Crippen LogP contribution in [0.4, 0.5) is 11.4 Å². The zero-order chi connectivity index (χ0) is 24.0. The number of rotatable bonds is 6. The molecule has 1 aliphatic rings. The lowest BCUT2D eigenvalue weighted by atomic mass is 10.1. The summed E-state index contributed by atoms with van der Waals surface area (Å²) in [7, 11) is 3.05. The van der Waals surface area contributed by atoms with Gasteiger partial charge in [0.25, 0.3) is 5.91 Å². The van der Waals surface area contributed by atoms with Crippen molar-refractivity contribution in [2.45, 2.75) is 13.8 Å². The highest BCUT2D eigenvalue weighted by atomic mass is 32.1. The van der Waals surface area contributed by atoms with Crippen LogP contribution in [0, 0.1) is 5.92 Å². The van der Waals surface area contributed by atoms with Gasteiger partial charge in [-0.3, -0.25) is 14.9 Å². The zero-order valence-electron chi connectivity index (χ0n) is 19.4. The lowest BCUT2D eigenvalue weighted by Crippen LogP contribution is -2.49. The SMILES string of the molecule is COc1ccc(C(=O)NC(=S)Nc2ccc(N3CCN(C(=O)C(C)C)CC3)cc2)cc1OC. The number of carbonyl (C=O) groups excluding carboxylic acids is 2. The molecular weight excluding hydrogens is 440 g/mol. The fourth-order valence-corrected chi connectivity index (χ4v) is 3.83. The summed E-state index contributed by atoms with van der Waals surface area (Å²) in [5.41, 5.74) is 2.25. The largest absolute Gasteiger partial charge is 0.493 e. The lowest BCUT2D eigenvalue weighted by molar-refractivity contribution is -0.134. The molecule has 8 nitrogen and oxygen atoms in total. The molecule has 176 valence electrons. The minimum Gasteiger partial charge on any atom is -0.493 e. The Hall–Kier alpha value is -3.33. The first kappa shape index (κ1) is 24.3. The highest BCUT2D eigenvalue weighted by Crippen LogP contribution is 2.27. The van der Waals surface area contributed by atoms with Crippen molar-refractivity contribution in [1.29, 1.82) is 0 Å². The first-order chi connectivity index (χ1) is 15.8. The molecule has 33 heavy (non-hydrogen) atoms. The van der Waals surface area contributed by atoms with E-state index in [0.717, 1.165) is 37.6 Å². The summed E-state index contributed by atoms with van der Waals surface area (Å²) in [6.45, 7) is 6.91. The number of nitrogens with zero attached hydrogens (tertiary/aromatic N) is 2. The number of anilines is 2. The van der Waals surface area contributed by atoms with E-state index in [-0.39, 0.29) is 22.8 Å². The first-order valence-corrected chi connectivity index (χ1v) is 11.2. The average molecular weight is 471 g/mol. The number of amides is 2. The van der Waals surface area contributed by atoms with Crippen LogP contribution in [0.25, 0.3) is 0 Å². The van der Waals surface area contributed by atoms with E-state index >= 15 is 0 Å². The van der Waals surface area contributed by atoms with Crippen LogP contribution >= 0.6 is 12.2 Å². The van der Waals surface area contributed by atoms with E-state index in [1.807, 2.05) is 43.0 Å². The molecule has 0 atom stereocenters. The van der Waals surface area contributed by atoms with E-state index in [9.17, 15) is 9.59 Å². The topological polar surface area (TPSA) is 83.1 Å². The van der Waals surface area contributed by atoms with Crippen molar-refractivity contribution in [3.05, 3.63) is 48.0 Å². The fourth-order valence-electron chi connectivity index (χ4n) is 3.62. The predicted molar refractivity (Wildman–Crippen MR) is 133 cm³/mol. The molecule has 2 aromatic carbocycles. The molecule has 0 radical (unpaired) electrons. The van der Waals surface area contributed by atoms with Gasteiger partial charge in [0.05, 0.1) is 14.2 Å². The molecule has 2 N–H and O–H groups in total. The number of hydrogen-bond acceptors (Lipinski definition) is 6. The van der Waals surface area contributed by atoms with Crippen molar-refractivity contribution in [3.8, 4) is 11.5 Å². The third kappa shape index (κ3) is 6.13. The van der Waals surface area contributed by atoms with Crippen LogP contribution < -0.4 is 25.0 Å². The van der Waals surface area contributed by atoms with Crippen LogP contribution in [0.2, 0.25) is 0 Å². The van der Waals surface area contributed by atoms with Crippen LogP contribution in [-0.2, 0) is 4.79 Å². The zero-order valence-corrected chi connectivity index (χ0v) is 20.2.